The number of carbonyl (C=O) groups is 2. The second kappa shape index (κ2) is 10.2. The molecular formula is C25H29N3O3S. The van der Waals surface area contributed by atoms with Crippen molar-refractivity contribution in [1.29, 1.82) is 5.26 Å². The molecule has 0 bridgehead atoms. The SMILES string of the molecule is CCC(C)(C)C1CCc2nc(SCC(=O)Nc3ccc(C(=O)OC)cc3)c(C#N)cc2C1. The van der Waals surface area contributed by atoms with Crippen LogP contribution in [0.15, 0.2) is 35.4 Å². The standard InChI is InChI=1S/C25H29N3O3S/c1-5-25(2,3)19-8-11-21-17(13-19)12-18(14-26)23(28-21)32-15-22(29)27-20-9-6-16(7-10-20)24(30)31-4/h6-7,9-10,12,19H,5,8,11,13,15H2,1-4H3,(H,27,29). The monoisotopic (exact) mass is 451 g/mol. The summed E-state index contributed by atoms with van der Waals surface area (Å²) in [4.78, 5) is 28.7. The van der Waals surface area contributed by atoms with Crippen molar-refractivity contribution in [3.05, 3.63) is 52.7 Å². The number of aromatic nitrogens is 1. The topological polar surface area (TPSA) is 92.1 Å². The van der Waals surface area contributed by atoms with E-state index in [1.165, 1.54) is 24.4 Å². The molecule has 1 aromatic heterocycles. The number of benzene rings is 1. The van der Waals surface area contributed by atoms with E-state index < -0.39 is 5.97 Å². The second-order valence-electron chi connectivity index (χ2n) is 8.75. The van der Waals surface area contributed by atoms with E-state index in [9.17, 15) is 14.9 Å². The maximum Gasteiger partial charge on any atom is 0.337 e. The van der Waals surface area contributed by atoms with Crippen LogP contribution in [0.25, 0.3) is 0 Å². The number of fused-ring (bicyclic) bond motifs is 1. The van der Waals surface area contributed by atoms with Crippen molar-refractivity contribution in [2.45, 2.75) is 51.5 Å². The number of methoxy groups -OCH3 is 1. The lowest BCUT2D eigenvalue weighted by atomic mass is 9.69. The lowest BCUT2D eigenvalue weighted by molar-refractivity contribution is -0.113. The van der Waals surface area contributed by atoms with Gasteiger partial charge < -0.3 is 10.1 Å². The molecule has 0 fully saturated rings. The maximum absolute atomic E-state index is 12.4. The molecule has 2 aromatic rings. The van der Waals surface area contributed by atoms with Crippen LogP contribution >= 0.6 is 11.8 Å². The van der Waals surface area contributed by atoms with Crippen LogP contribution in [-0.4, -0.2) is 29.7 Å². The predicted molar refractivity (Wildman–Crippen MR) is 126 cm³/mol. The van der Waals surface area contributed by atoms with Crippen LogP contribution in [0.1, 0.15) is 60.8 Å². The molecule has 0 aliphatic heterocycles. The van der Waals surface area contributed by atoms with Gasteiger partial charge in [0.1, 0.15) is 11.1 Å². The fraction of sp³-hybridized carbons (Fsp3) is 0.440. The van der Waals surface area contributed by atoms with Gasteiger partial charge in [-0.25, -0.2) is 9.78 Å². The van der Waals surface area contributed by atoms with Crippen molar-refractivity contribution in [2.24, 2.45) is 11.3 Å². The molecule has 0 saturated carbocycles. The number of nitrogens with one attached hydrogen (secondary N) is 1. The molecule has 1 aliphatic rings. The van der Waals surface area contributed by atoms with E-state index in [1.54, 1.807) is 24.3 Å². The Morgan fingerprint density at radius 1 is 1.31 bits per heavy atom. The summed E-state index contributed by atoms with van der Waals surface area (Å²) >= 11 is 1.27. The molecule has 0 spiro atoms. The molecule has 32 heavy (non-hydrogen) atoms. The second-order valence-corrected chi connectivity index (χ2v) is 9.71. The molecule has 1 amide bonds. The number of amides is 1. The number of hydrogen-bond donors (Lipinski definition) is 1. The largest absolute Gasteiger partial charge is 0.465 e. The van der Waals surface area contributed by atoms with Crippen molar-refractivity contribution >= 4 is 29.3 Å². The first-order valence-electron chi connectivity index (χ1n) is 10.8. The molecule has 1 aliphatic carbocycles. The third-order valence-corrected chi connectivity index (χ3v) is 7.41. The van der Waals surface area contributed by atoms with Crippen LogP contribution in [0.3, 0.4) is 0 Å². The van der Waals surface area contributed by atoms with Crippen molar-refractivity contribution in [3.63, 3.8) is 0 Å². The lowest BCUT2D eigenvalue weighted by Crippen LogP contribution is -2.29. The number of ether oxygens (including phenoxy) is 1. The average molecular weight is 452 g/mol. The number of rotatable bonds is 7. The van der Waals surface area contributed by atoms with E-state index in [1.807, 2.05) is 6.07 Å². The Bertz CT molecular complexity index is 1040. The Hall–Kier alpha value is -2.85. The summed E-state index contributed by atoms with van der Waals surface area (Å²) in [5, 5.41) is 13.1. The van der Waals surface area contributed by atoms with Gasteiger partial charge in [0.2, 0.25) is 5.91 Å². The molecule has 1 N–H and O–H groups in total. The predicted octanol–water partition coefficient (Wildman–Crippen LogP) is 5.01. The minimum absolute atomic E-state index is 0.144. The number of nitrogens with zero attached hydrogens (tertiary/aromatic N) is 2. The highest BCUT2D eigenvalue weighted by molar-refractivity contribution is 8.00. The van der Waals surface area contributed by atoms with Gasteiger partial charge in [-0.15, -0.1) is 0 Å². The highest BCUT2D eigenvalue weighted by Crippen LogP contribution is 2.40. The van der Waals surface area contributed by atoms with Gasteiger partial charge in [-0.2, -0.15) is 5.26 Å². The number of aryl methyl sites for hydroxylation is 1. The Balaban J connectivity index is 1.65. The molecule has 3 rings (SSSR count). The number of nitriles is 1. The molecule has 0 saturated heterocycles. The number of carbonyl (C=O) groups excluding carboxylic acids is 2. The third-order valence-electron chi connectivity index (χ3n) is 6.42. The van der Waals surface area contributed by atoms with Gasteiger partial charge in [-0.3, -0.25) is 4.79 Å². The minimum atomic E-state index is -0.425. The van der Waals surface area contributed by atoms with Gasteiger partial charge in [0.05, 0.1) is 24.0 Å². The average Bonchev–Trinajstić information content (AvgIpc) is 2.81. The van der Waals surface area contributed by atoms with E-state index in [0.29, 0.717) is 27.8 Å². The summed E-state index contributed by atoms with van der Waals surface area (Å²) in [7, 11) is 1.32. The number of anilines is 1. The van der Waals surface area contributed by atoms with Crippen LogP contribution in [0, 0.1) is 22.7 Å². The molecule has 1 heterocycles. The summed E-state index contributed by atoms with van der Waals surface area (Å²) in [5.74, 6) is 0.104. The molecular weight excluding hydrogens is 422 g/mol. The number of pyridine rings is 1. The number of esters is 1. The van der Waals surface area contributed by atoms with Gasteiger partial charge in [0, 0.05) is 11.4 Å². The zero-order chi connectivity index (χ0) is 23.3. The first kappa shape index (κ1) is 23.8. The van der Waals surface area contributed by atoms with Crippen molar-refractivity contribution < 1.29 is 14.3 Å². The first-order chi connectivity index (χ1) is 15.3. The van der Waals surface area contributed by atoms with E-state index in [0.717, 1.165) is 31.4 Å². The summed E-state index contributed by atoms with van der Waals surface area (Å²) in [6, 6.07) is 10.7. The van der Waals surface area contributed by atoms with Crippen molar-refractivity contribution in [3.8, 4) is 6.07 Å². The third kappa shape index (κ3) is 5.49. The van der Waals surface area contributed by atoms with Crippen LogP contribution in [0.2, 0.25) is 0 Å². The number of hydrogen-bond acceptors (Lipinski definition) is 6. The van der Waals surface area contributed by atoms with Gasteiger partial charge in [-0.1, -0.05) is 39.0 Å². The lowest BCUT2D eigenvalue weighted by Gasteiger charge is -2.37. The Labute approximate surface area is 193 Å². The molecule has 7 heteroatoms. The fourth-order valence-electron chi connectivity index (χ4n) is 3.93. The summed E-state index contributed by atoms with van der Waals surface area (Å²) < 4.78 is 4.67. The zero-order valence-electron chi connectivity index (χ0n) is 19.0. The smallest absolute Gasteiger partial charge is 0.337 e. The van der Waals surface area contributed by atoms with E-state index in [4.69, 9.17) is 4.98 Å². The summed E-state index contributed by atoms with van der Waals surface area (Å²) in [6.07, 6.45) is 4.07. The van der Waals surface area contributed by atoms with E-state index in [2.05, 4.69) is 36.9 Å². The van der Waals surface area contributed by atoms with Gasteiger partial charge in [0.25, 0.3) is 0 Å². The van der Waals surface area contributed by atoms with Crippen LogP contribution in [-0.2, 0) is 22.4 Å². The molecule has 1 unspecified atom stereocenters. The van der Waals surface area contributed by atoms with Crippen LogP contribution in [0.5, 0.6) is 0 Å². The van der Waals surface area contributed by atoms with Crippen molar-refractivity contribution in [2.75, 3.05) is 18.2 Å². The van der Waals surface area contributed by atoms with E-state index in [-0.39, 0.29) is 17.1 Å². The van der Waals surface area contributed by atoms with Crippen LogP contribution < -0.4 is 5.32 Å². The van der Waals surface area contributed by atoms with Crippen LogP contribution in [0.4, 0.5) is 5.69 Å². The number of thioether (sulfide) groups is 1. The minimum Gasteiger partial charge on any atom is -0.465 e. The molecule has 1 atom stereocenters. The molecule has 6 nitrogen and oxygen atoms in total. The van der Waals surface area contributed by atoms with E-state index >= 15 is 0 Å². The molecule has 1 aromatic carbocycles. The quantitative estimate of drug-likeness (QED) is 0.470. The van der Waals surface area contributed by atoms with Gasteiger partial charge >= 0.3 is 5.97 Å². The Morgan fingerprint density at radius 3 is 2.66 bits per heavy atom. The highest BCUT2D eigenvalue weighted by Gasteiger charge is 2.32. The molecule has 0 radical (unpaired) electrons. The zero-order valence-corrected chi connectivity index (χ0v) is 19.8. The summed E-state index contributed by atoms with van der Waals surface area (Å²) in [5.41, 5.74) is 4.02. The fourth-order valence-corrected chi connectivity index (χ4v) is 4.70. The normalized spacial score (nSPS) is 15.4. The van der Waals surface area contributed by atoms with Crippen molar-refractivity contribution in [1.82, 2.24) is 4.98 Å². The molecule has 168 valence electrons. The highest BCUT2D eigenvalue weighted by atomic mass is 32.2. The first-order valence-corrected chi connectivity index (χ1v) is 11.8. The Morgan fingerprint density at radius 2 is 2.03 bits per heavy atom. The maximum atomic E-state index is 12.4. The summed E-state index contributed by atoms with van der Waals surface area (Å²) in [6.45, 7) is 6.85. The Kier molecular flexibility index (Phi) is 7.57. The van der Waals surface area contributed by atoms with Gasteiger partial charge in [-0.05, 0) is 66.5 Å². The van der Waals surface area contributed by atoms with Gasteiger partial charge in [0.15, 0.2) is 0 Å².